The van der Waals surface area contributed by atoms with Crippen LogP contribution in [0.2, 0.25) is 0 Å². The fraction of sp³-hybridized carbons (Fsp3) is 0.278. The normalized spacial score (nSPS) is 12.2. The molecule has 1 atom stereocenters. The van der Waals surface area contributed by atoms with Crippen LogP contribution in [0, 0.1) is 0 Å². The van der Waals surface area contributed by atoms with Gasteiger partial charge in [0.25, 0.3) is 0 Å². The average molecular weight is 324 g/mol. The molecule has 2 heterocycles. The first-order chi connectivity index (χ1) is 11.7. The number of nitrogens with one attached hydrogen (secondary N) is 2. The number of fused-ring (bicyclic) bond motifs is 1. The Morgan fingerprint density at radius 2 is 2.04 bits per heavy atom. The summed E-state index contributed by atoms with van der Waals surface area (Å²) in [4.78, 5) is 23.5. The SMILES string of the molecule is O=C(CCc1nc2ncccc2[nH]1)NCC(O)Cc1ccccc1. The number of benzene rings is 1. The molecule has 1 aromatic carbocycles. The number of hydrogen-bond acceptors (Lipinski definition) is 4. The number of aromatic amines is 1. The zero-order valence-electron chi connectivity index (χ0n) is 13.3. The fourth-order valence-corrected chi connectivity index (χ4v) is 2.52. The van der Waals surface area contributed by atoms with Gasteiger partial charge in [0.1, 0.15) is 5.82 Å². The zero-order valence-corrected chi connectivity index (χ0v) is 13.3. The van der Waals surface area contributed by atoms with E-state index in [1.54, 1.807) is 6.20 Å². The molecule has 0 aliphatic carbocycles. The van der Waals surface area contributed by atoms with Crippen molar-refractivity contribution in [3.05, 3.63) is 60.0 Å². The second kappa shape index (κ2) is 7.70. The molecule has 0 aliphatic heterocycles. The number of imidazole rings is 1. The number of hydrogen-bond donors (Lipinski definition) is 3. The lowest BCUT2D eigenvalue weighted by Crippen LogP contribution is -2.33. The third-order valence-corrected chi connectivity index (χ3v) is 3.74. The van der Waals surface area contributed by atoms with E-state index in [0.29, 0.717) is 24.9 Å². The molecule has 3 rings (SSSR count). The van der Waals surface area contributed by atoms with Gasteiger partial charge in [-0.25, -0.2) is 9.97 Å². The van der Waals surface area contributed by atoms with E-state index in [4.69, 9.17) is 0 Å². The topological polar surface area (TPSA) is 90.9 Å². The highest BCUT2D eigenvalue weighted by Gasteiger charge is 2.10. The van der Waals surface area contributed by atoms with Crippen molar-refractivity contribution in [3.8, 4) is 0 Å². The van der Waals surface area contributed by atoms with Crippen molar-refractivity contribution < 1.29 is 9.90 Å². The van der Waals surface area contributed by atoms with Gasteiger partial charge in [-0.2, -0.15) is 0 Å². The van der Waals surface area contributed by atoms with Gasteiger partial charge in [0.05, 0.1) is 11.6 Å². The van der Waals surface area contributed by atoms with Crippen molar-refractivity contribution in [1.82, 2.24) is 20.3 Å². The minimum atomic E-state index is -0.591. The molecule has 0 saturated heterocycles. The van der Waals surface area contributed by atoms with Crippen LogP contribution in [-0.2, 0) is 17.6 Å². The molecule has 3 N–H and O–H groups in total. The highest BCUT2D eigenvalue weighted by molar-refractivity contribution is 5.76. The second-order valence-electron chi connectivity index (χ2n) is 5.71. The van der Waals surface area contributed by atoms with Crippen molar-refractivity contribution >= 4 is 17.1 Å². The molecule has 1 unspecified atom stereocenters. The summed E-state index contributed by atoms with van der Waals surface area (Å²) in [5.41, 5.74) is 2.58. The molecule has 2 aromatic heterocycles. The third-order valence-electron chi connectivity index (χ3n) is 3.74. The van der Waals surface area contributed by atoms with Crippen LogP contribution < -0.4 is 5.32 Å². The molecule has 3 aromatic rings. The highest BCUT2D eigenvalue weighted by Crippen LogP contribution is 2.08. The predicted molar refractivity (Wildman–Crippen MR) is 91.4 cm³/mol. The van der Waals surface area contributed by atoms with Gasteiger partial charge in [0, 0.05) is 32.0 Å². The lowest BCUT2D eigenvalue weighted by molar-refractivity contribution is -0.121. The predicted octanol–water partition coefficient (Wildman–Crippen LogP) is 1.61. The van der Waals surface area contributed by atoms with E-state index in [2.05, 4.69) is 20.3 Å². The number of aryl methyl sites for hydroxylation is 1. The number of H-pyrrole nitrogens is 1. The standard InChI is InChI=1S/C18H20N4O2/c23-14(11-13-5-2-1-3-6-13)12-20-17(24)9-8-16-21-15-7-4-10-19-18(15)22-16/h1-7,10,14,23H,8-9,11-12H2,(H,20,24)(H,19,21,22). The average Bonchev–Trinajstić information content (AvgIpc) is 3.02. The van der Waals surface area contributed by atoms with Crippen molar-refractivity contribution in [2.45, 2.75) is 25.4 Å². The quantitative estimate of drug-likeness (QED) is 0.616. The van der Waals surface area contributed by atoms with Crippen LogP contribution in [0.15, 0.2) is 48.7 Å². The maximum Gasteiger partial charge on any atom is 0.220 e. The minimum absolute atomic E-state index is 0.101. The van der Waals surface area contributed by atoms with E-state index in [-0.39, 0.29) is 12.5 Å². The molecular weight excluding hydrogens is 304 g/mol. The Labute approximate surface area is 140 Å². The van der Waals surface area contributed by atoms with E-state index >= 15 is 0 Å². The van der Waals surface area contributed by atoms with Crippen molar-refractivity contribution in [1.29, 1.82) is 0 Å². The molecular formula is C18H20N4O2. The molecule has 0 radical (unpaired) electrons. The molecule has 0 bridgehead atoms. The van der Waals surface area contributed by atoms with E-state index < -0.39 is 6.10 Å². The van der Waals surface area contributed by atoms with Crippen LogP contribution in [0.25, 0.3) is 11.2 Å². The van der Waals surface area contributed by atoms with Gasteiger partial charge in [-0.15, -0.1) is 0 Å². The summed E-state index contributed by atoms with van der Waals surface area (Å²) in [7, 11) is 0. The molecule has 0 aliphatic rings. The maximum absolute atomic E-state index is 11.9. The Morgan fingerprint density at radius 1 is 1.21 bits per heavy atom. The third kappa shape index (κ3) is 4.39. The number of aliphatic hydroxyl groups is 1. The van der Waals surface area contributed by atoms with Gasteiger partial charge in [0.2, 0.25) is 5.91 Å². The lowest BCUT2D eigenvalue weighted by atomic mass is 10.1. The Kier molecular flexibility index (Phi) is 5.18. The monoisotopic (exact) mass is 324 g/mol. The summed E-state index contributed by atoms with van der Waals surface area (Å²) in [6.07, 6.45) is 2.45. The summed E-state index contributed by atoms with van der Waals surface area (Å²) >= 11 is 0. The molecule has 0 fully saturated rings. The van der Waals surface area contributed by atoms with Gasteiger partial charge in [0.15, 0.2) is 5.65 Å². The number of carbonyl (C=O) groups is 1. The van der Waals surface area contributed by atoms with Crippen LogP contribution in [0.5, 0.6) is 0 Å². The number of aromatic nitrogens is 3. The van der Waals surface area contributed by atoms with E-state index in [1.165, 1.54) is 0 Å². The van der Waals surface area contributed by atoms with Crippen molar-refractivity contribution in [3.63, 3.8) is 0 Å². The second-order valence-corrected chi connectivity index (χ2v) is 5.71. The van der Waals surface area contributed by atoms with Gasteiger partial charge >= 0.3 is 0 Å². The number of pyridine rings is 1. The number of amides is 1. The van der Waals surface area contributed by atoms with Gasteiger partial charge < -0.3 is 15.4 Å². The van der Waals surface area contributed by atoms with Crippen LogP contribution >= 0.6 is 0 Å². The van der Waals surface area contributed by atoms with Crippen LogP contribution in [0.4, 0.5) is 0 Å². The Morgan fingerprint density at radius 3 is 2.83 bits per heavy atom. The zero-order chi connectivity index (χ0) is 16.8. The first kappa shape index (κ1) is 16.1. The molecule has 24 heavy (non-hydrogen) atoms. The molecule has 0 spiro atoms. The fourth-order valence-electron chi connectivity index (χ4n) is 2.52. The van der Waals surface area contributed by atoms with Crippen molar-refractivity contribution in [2.75, 3.05) is 6.54 Å². The molecule has 124 valence electrons. The summed E-state index contributed by atoms with van der Waals surface area (Å²) in [5.74, 6) is 0.638. The Balaban J connectivity index is 1.42. The molecule has 6 nitrogen and oxygen atoms in total. The van der Waals surface area contributed by atoms with E-state index in [9.17, 15) is 9.90 Å². The van der Waals surface area contributed by atoms with Gasteiger partial charge in [-0.1, -0.05) is 30.3 Å². The first-order valence-corrected chi connectivity index (χ1v) is 7.99. The maximum atomic E-state index is 11.9. The van der Waals surface area contributed by atoms with Crippen LogP contribution in [-0.4, -0.2) is 38.6 Å². The molecule has 0 saturated carbocycles. The first-order valence-electron chi connectivity index (χ1n) is 7.99. The molecule has 6 heteroatoms. The summed E-state index contributed by atoms with van der Waals surface area (Å²) in [6.45, 7) is 0.245. The number of carbonyl (C=O) groups excluding carboxylic acids is 1. The smallest absolute Gasteiger partial charge is 0.220 e. The summed E-state index contributed by atoms with van der Waals surface area (Å²) in [5, 5.41) is 12.8. The largest absolute Gasteiger partial charge is 0.391 e. The lowest BCUT2D eigenvalue weighted by Gasteiger charge is -2.11. The van der Waals surface area contributed by atoms with Gasteiger partial charge in [-0.05, 0) is 17.7 Å². The number of rotatable bonds is 7. The van der Waals surface area contributed by atoms with E-state index in [1.807, 2.05) is 42.5 Å². The van der Waals surface area contributed by atoms with Crippen molar-refractivity contribution in [2.24, 2.45) is 0 Å². The number of aliphatic hydroxyl groups excluding tert-OH is 1. The summed E-state index contributed by atoms with van der Waals surface area (Å²) < 4.78 is 0. The Hall–Kier alpha value is -2.73. The van der Waals surface area contributed by atoms with Crippen LogP contribution in [0.3, 0.4) is 0 Å². The van der Waals surface area contributed by atoms with E-state index in [0.717, 1.165) is 16.9 Å². The minimum Gasteiger partial charge on any atom is -0.391 e. The Bertz CT molecular complexity index is 768. The van der Waals surface area contributed by atoms with Gasteiger partial charge in [-0.3, -0.25) is 4.79 Å². The highest BCUT2D eigenvalue weighted by atomic mass is 16.3. The number of nitrogens with zero attached hydrogens (tertiary/aromatic N) is 2. The van der Waals surface area contributed by atoms with Crippen LogP contribution in [0.1, 0.15) is 17.8 Å². The summed E-state index contributed by atoms with van der Waals surface area (Å²) in [6, 6.07) is 13.5. The molecule has 1 amide bonds.